The number of halogens is 1. The van der Waals surface area contributed by atoms with Crippen molar-refractivity contribution in [3.63, 3.8) is 0 Å². The Balaban J connectivity index is 0.988. The van der Waals surface area contributed by atoms with Crippen LogP contribution in [0.2, 0.25) is 5.02 Å². The lowest BCUT2D eigenvalue weighted by Crippen LogP contribution is -2.54. The summed E-state index contributed by atoms with van der Waals surface area (Å²) in [6.07, 6.45) is 12.0. The first-order chi connectivity index (χ1) is 19.1. The first-order valence-electron chi connectivity index (χ1n) is 14.4. The van der Waals surface area contributed by atoms with Crippen LogP contribution in [0.3, 0.4) is 0 Å². The topological polar surface area (TPSA) is 45.7 Å². The van der Waals surface area contributed by atoms with E-state index in [1.165, 1.54) is 31.2 Å². The second kappa shape index (κ2) is 10.4. The monoisotopic (exact) mass is 539 g/mol. The van der Waals surface area contributed by atoms with Crippen LogP contribution in [-0.2, 0) is 17.6 Å². The van der Waals surface area contributed by atoms with E-state index in [1.54, 1.807) is 0 Å². The number of pyridine rings is 1. The zero-order valence-corrected chi connectivity index (χ0v) is 22.9. The molecule has 2 aromatic carbocycles. The maximum absolute atomic E-state index is 13.6. The van der Waals surface area contributed by atoms with Crippen molar-refractivity contribution in [3.05, 3.63) is 88.2 Å². The van der Waals surface area contributed by atoms with E-state index in [0.29, 0.717) is 23.4 Å². The Morgan fingerprint density at radius 1 is 0.949 bits per heavy atom. The molecule has 3 heterocycles. The molecule has 6 heteroatoms. The number of ether oxygens (including phenoxy) is 1. The minimum Gasteiger partial charge on any atom is -0.479 e. The van der Waals surface area contributed by atoms with Crippen LogP contribution in [0, 0.1) is 0 Å². The number of allylic oxidation sites excluding steroid dienone is 1. The fourth-order valence-electron chi connectivity index (χ4n) is 7.06. The van der Waals surface area contributed by atoms with Crippen molar-refractivity contribution >= 4 is 23.6 Å². The Hall–Kier alpha value is -3.15. The molecule has 5 nitrogen and oxygen atoms in total. The van der Waals surface area contributed by atoms with Crippen LogP contribution >= 0.6 is 11.6 Å². The summed E-state index contributed by atoms with van der Waals surface area (Å²) in [5, 5.41) is 0.670. The van der Waals surface area contributed by atoms with Crippen molar-refractivity contribution in [2.75, 3.05) is 26.2 Å². The molecule has 0 spiro atoms. The van der Waals surface area contributed by atoms with Gasteiger partial charge in [-0.3, -0.25) is 14.7 Å². The molecule has 7 rings (SSSR count). The lowest BCUT2D eigenvalue weighted by atomic mass is 9.81. The van der Waals surface area contributed by atoms with Gasteiger partial charge < -0.3 is 9.64 Å². The highest BCUT2D eigenvalue weighted by Crippen LogP contribution is 2.44. The summed E-state index contributed by atoms with van der Waals surface area (Å²) < 4.78 is 6.41. The van der Waals surface area contributed by atoms with E-state index in [9.17, 15) is 4.79 Å². The van der Waals surface area contributed by atoms with Crippen molar-refractivity contribution in [1.29, 1.82) is 0 Å². The highest BCUT2D eigenvalue weighted by Gasteiger charge is 2.37. The van der Waals surface area contributed by atoms with Gasteiger partial charge in [-0.25, -0.2) is 0 Å². The molecule has 2 aliphatic heterocycles. The van der Waals surface area contributed by atoms with Crippen molar-refractivity contribution in [1.82, 2.24) is 14.8 Å². The van der Waals surface area contributed by atoms with Crippen LogP contribution in [0.25, 0.3) is 17.2 Å². The quantitative estimate of drug-likeness (QED) is 0.399. The number of carbonyl (C=O) groups is 1. The zero-order valence-electron chi connectivity index (χ0n) is 22.2. The number of piperazine rings is 1. The van der Waals surface area contributed by atoms with Gasteiger partial charge in [0.15, 0.2) is 6.10 Å². The minimum absolute atomic E-state index is 0.0977. The van der Waals surface area contributed by atoms with Crippen LogP contribution in [0.4, 0.5) is 0 Å². The first kappa shape index (κ1) is 24.9. The molecule has 200 valence electrons. The SMILES string of the molecule is O=C(C1Cc2cc(Cl)cc(-c3ccnc4c3C=CC4)c2O1)N1CCN(C2CCC(c3ccccc3)CC2)CC1. The largest absolute Gasteiger partial charge is 0.479 e. The number of nitrogens with zero attached hydrogens (tertiary/aromatic N) is 3. The molecular formula is C33H34ClN3O2. The van der Waals surface area contributed by atoms with Crippen LogP contribution in [0.1, 0.15) is 54.0 Å². The predicted molar refractivity (Wildman–Crippen MR) is 155 cm³/mol. The van der Waals surface area contributed by atoms with E-state index in [4.69, 9.17) is 16.3 Å². The van der Waals surface area contributed by atoms with Gasteiger partial charge in [0.1, 0.15) is 5.75 Å². The van der Waals surface area contributed by atoms with Crippen molar-refractivity contribution in [2.24, 2.45) is 0 Å². The van der Waals surface area contributed by atoms with Crippen LogP contribution in [-0.4, -0.2) is 59.0 Å². The summed E-state index contributed by atoms with van der Waals surface area (Å²) in [6, 6.07) is 17.5. The average Bonchev–Trinajstić information content (AvgIpc) is 3.64. The van der Waals surface area contributed by atoms with E-state index < -0.39 is 6.10 Å². The number of benzene rings is 2. The standard InChI is InChI=1S/C33H34ClN3O2/c34-25-19-24-20-31(39-32(24)29(21-25)27-13-14-35-30-8-4-7-28(27)30)33(38)37-17-15-36(16-18-37)26-11-9-23(10-12-26)22-5-2-1-3-6-22/h1-7,13-14,19,21,23,26,31H,8-12,15-18,20H2. The van der Waals surface area contributed by atoms with Gasteiger partial charge >= 0.3 is 0 Å². The number of hydrogen-bond donors (Lipinski definition) is 0. The Morgan fingerprint density at radius 3 is 2.54 bits per heavy atom. The number of carbonyl (C=O) groups excluding carboxylic acids is 1. The molecular weight excluding hydrogens is 506 g/mol. The predicted octanol–water partition coefficient (Wildman–Crippen LogP) is 6.15. The number of fused-ring (bicyclic) bond motifs is 2. The van der Waals surface area contributed by atoms with Gasteiger partial charge in [-0.05, 0) is 60.9 Å². The summed E-state index contributed by atoms with van der Waals surface area (Å²) in [5.41, 5.74) is 6.70. The lowest BCUT2D eigenvalue weighted by Gasteiger charge is -2.42. The third-order valence-electron chi connectivity index (χ3n) is 9.14. The zero-order chi connectivity index (χ0) is 26.3. The normalized spacial score (nSPS) is 24.3. The molecule has 2 fully saturated rings. The summed E-state index contributed by atoms with van der Waals surface area (Å²) in [7, 11) is 0. The van der Waals surface area contributed by atoms with E-state index in [2.05, 4.69) is 52.4 Å². The van der Waals surface area contributed by atoms with Crippen LogP contribution < -0.4 is 4.74 Å². The fraction of sp³-hybridized carbons (Fsp3) is 0.394. The second-order valence-electron chi connectivity index (χ2n) is 11.4. The molecule has 1 amide bonds. The number of amides is 1. The Bertz CT molecular complexity index is 1410. The summed E-state index contributed by atoms with van der Waals surface area (Å²) in [6.45, 7) is 3.42. The molecule has 2 aliphatic carbocycles. The smallest absolute Gasteiger partial charge is 0.264 e. The molecule has 39 heavy (non-hydrogen) atoms. The van der Waals surface area contributed by atoms with Crippen molar-refractivity contribution in [3.8, 4) is 16.9 Å². The maximum Gasteiger partial charge on any atom is 0.264 e. The number of aromatic nitrogens is 1. The molecule has 4 aliphatic rings. The van der Waals surface area contributed by atoms with Gasteiger partial charge in [-0.2, -0.15) is 0 Å². The third-order valence-corrected chi connectivity index (χ3v) is 9.36. The van der Waals surface area contributed by atoms with Gasteiger partial charge in [0.05, 0.1) is 5.69 Å². The van der Waals surface area contributed by atoms with E-state index >= 15 is 0 Å². The third kappa shape index (κ3) is 4.76. The molecule has 1 saturated heterocycles. The first-order valence-corrected chi connectivity index (χ1v) is 14.7. The summed E-state index contributed by atoms with van der Waals surface area (Å²) in [5.74, 6) is 1.58. The van der Waals surface area contributed by atoms with Gasteiger partial charge in [-0.15, -0.1) is 0 Å². The van der Waals surface area contributed by atoms with Crippen molar-refractivity contribution < 1.29 is 9.53 Å². The molecule has 3 aromatic rings. The Morgan fingerprint density at radius 2 is 1.74 bits per heavy atom. The molecule has 1 saturated carbocycles. The Kier molecular flexibility index (Phi) is 6.65. The molecule has 1 aromatic heterocycles. The van der Waals surface area contributed by atoms with E-state index in [-0.39, 0.29) is 5.91 Å². The fourth-order valence-corrected chi connectivity index (χ4v) is 7.30. The van der Waals surface area contributed by atoms with Gasteiger partial charge in [0.2, 0.25) is 0 Å². The van der Waals surface area contributed by atoms with Gasteiger partial charge in [-0.1, -0.05) is 54.1 Å². The highest BCUT2D eigenvalue weighted by molar-refractivity contribution is 6.31. The van der Waals surface area contributed by atoms with Crippen molar-refractivity contribution in [2.45, 2.75) is 56.6 Å². The molecule has 1 unspecified atom stereocenters. The minimum atomic E-state index is -0.490. The van der Waals surface area contributed by atoms with E-state index in [0.717, 1.165) is 66.3 Å². The van der Waals surface area contributed by atoms with Crippen LogP contribution in [0.5, 0.6) is 5.75 Å². The van der Waals surface area contributed by atoms with Gasteiger partial charge in [0.25, 0.3) is 5.91 Å². The lowest BCUT2D eigenvalue weighted by molar-refractivity contribution is -0.140. The summed E-state index contributed by atoms with van der Waals surface area (Å²) in [4.78, 5) is 22.7. The highest BCUT2D eigenvalue weighted by atomic mass is 35.5. The molecule has 1 atom stereocenters. The van der Waals surface area contributed by atoms with Crippen LogP contribution in [0.15, 0.2) is 60.8 Å². The second-order valence-corrected chi connectivity index (χ2v) is 11.8. The molecule has 0 radical (unpaired) electrons. The number of hydrogen-bond acceptors (Lipinski definition) is 4. The maximum atomic E-state index is 13.6. The number of rotatable bonds is 4. The molecule has 0 bridgehead atoms. The molecule has 0 N–H and O–H groups in total. The van der Waals surface area contributed by atoms with E-state index in [1.807, 2.05) is 29.3 Å². The van der Waals surface area contributed by atoms with Gasteiger partial charge in [0, 0.05) is 73.0 Å². The summed E-state index contributed by atoms with van der Waals surface area (Å²) >= 11 is 6.55. The Labute approximate surface area is 235 Å². The average molecular weight is 540 g/mol.